The van der Waals surface area contributed by atoms with Gasteiger partial charge in [-0.2, -0.15) is 0 Å². The number of methoxy groups -OCH3 is 1. The fourth-order valence-electron chi connectivity index (χ4n) is 3.90. The van der Waals surface area contributed by atoms with Crippen LogP contribution >= 0.6 is 22.3 Å². The number of benzene rings is 1. The Hall–Kier alpha value is -0.450. The molecule has 2 bridgehead atoms. The van der Waals surface area contributed by atoms with Gasteiger partial charge in [0.05, 0.1) is 12.9 Å². The molecule has 19 heavy (non-hydrogen) atoms. The van der Waals surface area contributed by atoms with Crippen LogP contribution in [0.3, 0.4) is 0 Å². The third-order valence-electron chi connectivity index (χ3n) is 4.35. The molecule has 104 valence electrons. The van der Waals surface area contributed by atoms with Crippen molar-refractivity contribution in [2.45, 2.75) is 24.7 Å². The van der Waals surface area contributed by atoms with Crippen LogP contribution in [0, 0.1) is 5.41 Å². The quantitative estimate of drug-likeness (QED) is 0.799. The molecule has 0 N–H and O–H groups in total. The summed E-state index contributed by atoms with van der Waals surface area (Å²) in [7, 11) is 3.57. The summed E-state index contributed by atoms with van der Waals surface area (Å²) in [6, 6.07) is 5.59. The summed E-state index contributed by atoms with van der Waals surface area (Å²) in [4.78, 5) is 0. The normalized spacial score (nSPS) is 32.4. The number of halogens is 2. The molecule has 1 aromatic carbocycles. The lowest BCUT2D eigenvalue weighted by Crippen LogP contribution is -2.66. The summed E-state index contributed by atoms with van der Waals surface area (Å²) >= 11 is 6.05. The molecule has 6 heteroatoms. The van der Waals surface area contributed by atoms with E-state index in [1.54, 1.807) is 13.2 Å². The van der Waals surface area contributed by atoms with Crippen LogP contribution in [-0.4, -0.2) is 21.3 Å². The summed E-state index contributed by atoms with van der Waals surface area (Å²) in [6.07, 6.45) is 2.55. The number of rotatable bonds is 4. The summed E-state index contributed by atoms with van der Waals surface area (Å²) in [5, 5.41) is 0.680. The van der Waals surface area contributed by atoms with E-state index in [-0.39, 0.29) is 16.6 Å². The van der Waals surface area contributed by atoms with E-state index < -0.39 is 9.05 Å². The maximum absolute atomic E-state index is 11.2. The second-order valence-electron chi connectivity index (χ2n) is 5.84. The standard InChI is InChI=1S/C13H14Cl2O3S/c1-18-11-3-2-9(14)4-10(11)13-5-12(6-13,7-13)8-19(15,16)17/h2-4H,5-8H2,1H3. The average molecular weight is 321 g/mol. The van der Waals surface area contributed by atoms with Gasteiger partial charge < -0.3 is 4.74 Å². The van der Waals surface area contributed by atoms with Gasteiger partial charge in [-0.1, -0.05) is 11.6 Å². The van der Waals surface area contributed by atoms with Gasteiger partial charge in [-0.05, 0) is 42.9 Å². The van der Waals surface area contributed by atoms with Gasteiger partial charge in [-0.15, -0.1) is 0 Å². The molecule has 0 unspecified atom stereocenters. The van der Waals surface area contributed by atoms with E-state index in [9.17, 15) is 8.42 Å². The van der Waals surface area contributed by atoms with Crippen molar-refractivity contribution in [3.05, 3.63) is 28.8 Å². The van der Waals surface area contributed by atoms with Gasteiger partial charge in [-0.25, -0.2) is 8.42 Å². The maximum atomic E-state index is 11.2. The second-order valence-corrected chi connectivity index (χ2v) is 9.05. The Morgan fingerprint density at radius 1 is 1.32 bits per heavy atom. The van der Waals surface area contributed by atoms with Gasteiger partial charge in [0.1, 0.15) is 5.75 Å². The van der Waals surface area contributed by atoms with Crippen molar-refractivity contribution in [3.8, 4) is 5.75 Å². The predicted octanol–water partition coefficient (Wildman–Crippen LogP) is 3.34. The van der Waals surface area contributed by atoms with Gasteiger partial charge in [-0.3, -0.25) is 0 Å². The molecule has 3 fully saturated rings. The minimum Gasteiger partial charge on any atom is -0.496 e. The molecular weight excluding hydrogens is 307 g/mol. The molecule has 3 aliphatic rings. The van der Waals surface area contributed by atoms with Gasteiger partial charge in [0.15, 0.2) is 0 Å². The fourth-order valence-corrected chi connectivity index (χ4v) is 5.80. The van der Waals surface area contributed by atoms with Crippen LogP contribution in [0.2, 0.25) is 5.02 Å². The van der Waals surface area contributed by atoms with Crippen LogP contribution in [0.25, 0.3) is 0 Å². The van der Waals surface area contributed by atoms with Crippen molar-refractivity contribution >= 4 is 31.3 Å². The molecule has 0 aromatic heterocycles. The first-order chi connectivity index (χ1) is 8.78. The first-order valence-corrected chi connectivity index (χ1v) is 8.90. The van der Waals surface area contributed by atoms with E-state index in [1.165, 1.54) is 0 Å². The van der Waals surface area contributed by atoms with Crippen molar-refractivity contribution in [2.24, 2.45) is 5.41 Å². The van der Waals surface area contributed by atoms with E-state index >= 15 is 0 Å². The minimum atomic E-state index is -3.42. The smallest absolute Gasteiger partial charge is 0.233 e. The van der Waals surface area contributed by atoms with E-state index in [1.807, 2.05) is 12.1 Å². The van der Waals surface area contributed by atoms with Crippen LogP contribution in [0.5, 0.6) is 5.75 Å². The summed E-state index contributed by atoms with van der Waals surface area (Å²) in [6.45, 7) is 0. The average Bonchev–Trinajstić information content (AvgIpc) is 2.20. The zero-order chi connectivity index (χ0) is 13.9. The maximum Gasteiger partial charge on any atom is 0.233 e. The van der Waals surface area contributed by atoms with Crippen molar-refractivity contribution in [2.75, 3.05) is 12.9 Å². The van der Waals surface area contributed by atoms with E-state index in [0.29, 0.717) is 5.02 Å². The third kappa shape index (κ3) is 2.14. The highest BCUT2D eigenvalue weighted by atomic mass is 35.7. The Labute approximate surface area is 122 Å². The fraction of sp³-hybridized carbons (Fsp3) is 0.538. The Bertz CT molecular complexity index is 620. The molecule has 0 atom stereocenters. The monoisotopic (exact) mass is 320 g/mol. The van der Waals surface area contributed by atoms with Crippen LogP contribution in [0.4, 0.5) is 0 Å². The molecule has 0 spiro atoms. The SMILES string of the molecule is COc1ccc(Cl)cc1C12CC(CS(=O)(=O)Cl)(C1)C2. The van der Waals surface area contributed by atoms with Gasteiger partial charge >= 0.3 is 0 Å². The second kappa shape index (κ2) is 4.03. The van der Waals surface area contributed by atoms with Crippen molar-refractivity contribution in [1.29, 1.82) is 0 Å². The molecule has 1 aromatic rings. The topological polar surface area (TPSA) is 43.4 Å². The Morgan fingerprint density at radius 3 is 2.47 bits per heavy atom. The Morgan fingerprint density at radius 2 is 1.95 bits per heavy atom. The van der Waals surface area contributed by atoms with Crippen LogP contribution < -0.4 is 4.74 Å². The highest BCUT2D eigenvalue weighted by Crippen LogP contribution is 2.75. The lowest BCUT2D eigenvalue weighted by molar-refractivity contribution is -0.123. The van der Waals surface area contributed by atoms with Crippen LogP contribution in [-0.2, 0) is 14.5 Å². The molecule has 0 saturated heterocycles. The van der Waals surface area contributed by atoms with Crippen LogP contribution in [0.15, 0.2) is 18.2 Å². The van der Waals surface area contributed by atoms with Gasteiger partial charge in [0.2, 0.25) is 9.05 Å². The summed E-state index contributed by atoms with van der Waals surface area (Å²) in [5.41, 5.74) is 1.02. The molecule has 0 aliphatic heterocycles. The molecule has 3 nitrogen and oxygen atoms in total. The Balaban J connectivity index is 1.84. The van der Waals surface area contributed by atoms with E-state index in [4.69, 9.17) is 27.0 Å². The van der Waals surface area contributed by atoms with Crippen molar-refractivity contribution in [3.63, 3.8) is 0 Å². The molecule has 3 saturated carbocycles. The van der Waals surface area contributed by atoms with Gasteiger partial charge in [0, 0.05) is 26.7 Å². The third-order valence-corrected chi connectivity index (χ3v) is 5.87. The van der Waals surface area contributed by atoms with Crippen LogP contribution in [0.1, 0.15) is 24.8 Å². The molecule has 0 heterocycles. The Kier molecular flexibility index (Phi) is 2.87. The molecule has 0 radical (unpaired) electrons. The molecular formula is C13H14Cl2O3S. The van der Waals surface area contributed by atoms with Crippen molar-refractivity contribution in [1.82, 2.24) is 0 Å². The van der Waals surface area contributed by atoms with E-state index in [0.717, 1.165) is 30.6 Å². The largest absolute Gasteiger partial charge is 0.496 e. The summed E-state index contributed by atoms with van der Waals surface area (Å²) < 4.78 is 27.8. The zero-order valence-electron chi connectivity index (χ0n) is 10.4. The lowest BCUT2D eigenvalue weighted by Gasteiger charge is -2.71. The zero-order valence-corrected chi connectivity index (χ0v) is 12.8. The summed E-state index contributed by atoms with van der Waals surface area (Å²) in [5.74, 6) is 0.901. The lowest BCUT2D eigenvalue weighted by atomic mass is 9.34. The first kappa shape index (κ1) is 13.5. The first-order valence-electron chi connectivity index (χ1n) is 6.04. The molecule has 3 aliphatic carbocycles. The van der Waals surface area contributed by atoms with Crippen molar-refractivity contribution < 1.29 is 13.2 Å². The number of hydrogen-bond donors (Lipinski definition) is 0. The minimum absolute atomic E-state index is 0.0395. The number of ether oxygens (including phenoxy) is 1. The number of hydrogen-bond acceptors (Lipinski definition) is 3. The highest BCUT2D eigenvalue weighted by Gasteiger charge is 2.69. The van der Waals surface area contributed by atoms with E-state index in [2.05, 4.69) is 0 Å². The van der Waals surface area contributed by atoms with Gasteiger partial charge in [0.25, 0.3) is 0 Å². The predicted molar refractivity (Wildman–Crippen MR) is 75.6 cm³/mol. The molecule has 4 rings (SSSR count). The highest BCUT2D eigenvalue weighted by molar-refractivity contribution is 8.13. The molecule has 0 amide bonds.